The van der Waals surface area contributed by atoms with E-state index in [-0.39, 0.29) is 5.75 Å². The molecule has 1 fully saturated rings. The van der Waals surface area contributed by atoms with Crippen molar-refractivity contribution >= 4 is 21.2 Å². The molecule has 1 aliphatic rings. The van der Waals surface area contributed by atoms with Crippen molar-refractivity contribution in [1.82, 2.24) is 5.32 Å². The van der Waals surface area contributed by atoms with Gasteiger partial charge in [-0.2, -0.15) is 0 Å². The van der Waals surface area contributed by atoms with Gasteiger partial charge in [0.05, 0.1) is 11.9 Å². The van der Waals surface area contributed by atoms with Gasteiger partial charge in [0.1, 0.15) is 4.21 Å². The second-order valence-electron chi connectivity index (χ2n) is 6.28. The van der Waals surface area contributed by atoms with Gasteiger partial charge in [-0.25, -0.2) is 8.42 Å². The lowest BCUT2D eigenvalue weighted by Crippen LogP contribution is -2.43. The fourth-order valence-electron chi connectivity index (χ4n) is 3.09. The van der Waals surface area contributed by atoms with Crippen molar-refractivity contribution in [2.75, 3.05) is 12.3 Å². The Morgan fingerprint density at radius 3 is 2.81 bits per heavy atom. The number of sulfone groups is 1. The van der Waals surface area contributed by atoms with Gasteiger partial charge in [-0.15, -0.1) is 11.3 Å². The van der Waals surface area contributed by atoms with Gasteiger partial charge in [-0.3, -0.25) is 0 Å². The molecule has 1 saturated carbocycles. The molecule has 1 heterocycles. The summed E-state index contributed by atoms with van der Waals surface area (Å²) in [6, 6.07) is 3.69. The van der Waals surface area contributed by atoms with Crippen molar-refractivity contribution in [3.05, 3.63) is 17.5 Å². The summed E-state index contributed by atoms with van der Waals surface area (Å²) in [5, 5.41) is 15.1. The maximum Gasteiger partial charge on any atom is 0.190 e. The van der Waals surface area contributed by atoms with E-state index in [4.69, 9.17) is 0 Å². The first-order valence-corrected chi connectivity index (χ1v) is 10.1. The molecule has 0 amide bonds. The average Bonchev–Trinajstić information content (AvgIpc) is 2.91. The molecule has 0 bridgehead atoms. The zero-order valence-electron chi connectivity index (χ0n) is 12.7. The first-order chi connectivity index (χ1) is 9.88. The number of aliphatic hydroxyl groups is 1. The van der Waals surface area contributed by atoms with E-state index in [2.05, 4.69) is 19.2 Å². The molecule has 4 nitrogen and oxygen atoms in total. The van der Waals surface area contributed by atoms with E-state index in [0.717, 1.165) is 12.3 Å². The molecule has 2 rings (SSSR count). The summed E-state index contributed by atoms with van der Waals surface area (Å²) < 4.78 is 24.5. The van der Waals surface area contributed by atoms with E-state index < -0.39 is 15.9 Å². The van der Waals surface area contributed by atoms with Gasteiger partial charge in [0, 0.05) is 12.6 Å². The van der Waals surface area contributed by atoms with Crippen molar-refractivity contribution < 1.29 is 13.5 Å². The number of hydrogen-bond donors (Lipinski definition) is 2. The SMILES string of the molecule is C[C@@H]1CC[C@H](NC[C@H](O)CS(=O)(=O)c2cccs2)[C@H](C)C1. The fourth-order valence-corrected chi connectivity index (χ4v) is 5.57. The molecule has 120 valence electrons. The van der Waals surface area contributed by atoms with Crippen LogP contribution in [0, 0.1) is 11.8 Å². The van der Waals surface area contributed by atoms with Crippen LogP contribution in [0.5, 0.6) is 0 Å². The van der Waals surface area contributed by atoms with Crippen molar-refractivity contribution in [2.45, 2.75) is 49.5 Å². The summed E-state index contributed by atoms with van der Waals surface area (Å²) in [5.74, 6) is 1.13. The molecular formula is C15H25NO3S2. The monoisotopic (exact) mass is 331 g/mol. The van der Waals surface area contributed by atoms with Crippen LogP contribution in [0.2, 0.25) is 0 Å². The first kappa shape index (κ1) is 16.9. The Kier molecular flexibility index (Phi) is 5.82. The van der Waals surface area contributed by atoms with Gasteiger partial charge in [0.2, 0.25) is 0 Å². The van der Waals surface area contributed by atoms with Crippen LogP contribution in [0.4, 0.5) is 0 Å². The molecule has 0 radical (unpaired) electrons. The third-order valence-electron chi connectivity index (χ3n) is 4.26. The van der Waals surface area contributed by atoms with Crippen molar-refractivity contribution in [3.63, 3.8) is 0 Å². The third kappa shape index (κ3) is 4.77. The van der Waals surface area contributed by atoms with Crippen LogP contribution >= 0.6 is 11.3 Å². The molecule has 0 unspecified atom stereocenters. The lowest BCUT2D eigenvalue weighted by molar-refractivity contribution is 0.165. The highest BCUT2D eigenvalue weighted by Crippen LogP contribution is 2.28. The minimum atomic E-state index is -3.36. The topological polar surface area (TPSA) is 66.4 Å². The second-order valence-corrected chi connectivity index (χ2v) is 9.49. The van der Waals surface area contributed by atoms with E-state index in [1.165, 1.54) is 24.2 Å². The number of thiophene rings is 1. The van der Waals surface area contributed by atoms with E-state index in [1.54, 1.807) is 17.5 Å². The maximum atomic E-state index is 12.1. The van der Waals surface area contributed by atoms with Crippen molar-refractivity contribution in [3.8, 4) is 0 Å². The Hall–Kier alpha value is -0.430. The summed E-state index contributed by atoms with van der Waals surface area (Å²) in [7, 11) is -3.36. The molecule has 1 aliphatic carbocycles. The van der Waals surface area contributed by atoms with Gasteiger partial charge >= 0.3 is 0 Å². The quantitative estimate of drug-likeness (QED) is 0.839. The summed E-state index contributed by atoms with van der Waals surface area (Å²) in [6.45, 7) is 4.84. The summed E-state index contributed by atoms with van der Waals surface area (Å²) in [5.41, 5.74) is 0. The van der Waals surface area contributed by atoms with Crippen LogP contribution in [-0.2, 0) is 9.84 Å². The molecule has 2 N–H and O–H groups in total. The molecule has 0 aromatic carbocycles. The van der Waals surface area contributed by atoms with Crippen LogP contribution in [0.25, 0.3) is 0 Å². The first-order valence-electron chi connectivity index (χ1n) is 7.56. The highest BCUT2D eigenvalue weighted by Gasteiger charge is 2.26. The Morgan fingerprint density at radius 2 is 2.19 bits per heavy atom. The van der Waals surface area contributed by atoms with E-state index in [1.807, 2.05) is 0 Å². The molecule has 1 aromatic rings. The Balaban J connectivity index is 1.81. The third-order valence-corrected chi connectivity index (χ3v) is 7.55. The van der Waals surface area contributed by atoms with E-state index in [9.17, 15) is 13.5 Å². The smallest absolute Gasteiger partial charge is 0.190 e. The van der Waals surface area contributed by atoms with Crippen LogP contribution < -0.4 is 5.32 Å². The second kappa shape index (κ2) is 7.22. The molecule has 6 heteroatoms. The van der Waals surface area contributed by atoms with Crippen LogP contribution in [0.1, 0.15) is 33.1 Å². The molecule has 4 atom stereocenters. The summed E-state index contributed by atoms with van der Waals surface area (Å²) >= 11 is 1.20. The Labute approximate surface area is 131 Å². The molecular weight excluding hydrogens is 306 g/mol. The normalized spacial score (nSPS) is 28.4. The van der Waals surface area contributed by atoms with Gasteiger partial charge in [-0.1, -0.05) is 19.9 Å². The zero-order chi connectivity index (χ0) is 15.5. The van der Waals surface area contributed by atoms with Crippen LogP contribution in [0.3, 0.4) is 0 Å². The Bertz CT molecular complexity index is 527. The zero-order valence-corrected chi connectivity index (χ0v) is 14.3. The van der Waals surface area contributed by atoms with Gasteiger partial charge in [0.15, 0.2) is 9.84 Å². The molecule has 0 aliphatic heterocycles. The predicted molar refractivity (Wildman–Crippen MR) is 86.3 cm³/mol. The van der Waals surface area contributed by atoms with E-state index >= 15 is 0 Å². The number of rotatable bonds is 6. The van der Waals surface area contributed by atoms with Crippen molar-refractivity contribution in [2.24, 2.45) is 11.8 Å². The molecule has 0 spiro atoms. The maximum absolute atomic E-state index is 12.1. The van der Waals surface area contributed by atoms with Crippen LogP contribution in [0.15, 0.2) is 21.7 Å². The highest BCUT2D eigenvalue weighted by molar-refractivity contribution is 7.93. The van der Waals surface area contributed by atoms with Crippen molar-refractivity contribution in [1.29, 1.82) is 0 Å². The van der Waals surface area contributed by atoms with E-state index in [0.29, 0.717) is 22.7 Å². The standard InChI is InChI=1S/C15H25NO3S2/c1-11-5-6-14(12(2)8-11)16-9-13(17)10-21(18,19)15-4-3-7-20-15/h3-4,7,11-14,16-17H,5-6,8-10H2,1-2H3/t11-,12-,13+,14+/m1/s1. The summed E-state index contributed by atoms with van der Waals surface area (Å²) in [4.78, 5) is 0. The molecule has 21 heavy (non-hydrogen) atoms. The lowest BCUT2D eigenvalue weighted by atomic mass is 9.80. The fraction of sp³-hybridized carbons (Fsp3) is 0.733. The molecule has 0 saturated heterocycles. The van der Waals surface area contributed by atoms with Crippen LogP contribution in [-0.4, -0.2) is 38.0 Å². The number of nitrogens with one attached hydrogen (secondary N) is 1. The summed E-state index contributed by atoms with van der Waals surface area (Å²) in [6.07, 6.45) is 2.64. The van der Waals surface area contributed by atoms with Gasteiger partial charge in [0.25, 0.3) is 0 Å². The van der Waals surface area contributed by atoms with Gasteiger partial charge in [-0.05, 0) is 42.5 Å². The minimum absolute atomic E-state index is 0.210. The predicted octanol–water partition coefficient (Wildman–Crippen LogP) is 2.30. The average molecular weight is 332 g/mol. The lowest BCUT2D eigenvalue weighted by Gasteiger charge is -2.33. The van der Waals surface area contributed by atoms with Gasteiger partial charge < -0.3 is 10.4 Å². The highest BCUT2D eigenvalue weighted by atomic mass is 32.2. The number of aliphatic hydroxyl groups excluding tert-OH is 1. The molecule has 1 aromatic heterocycles. The Morgan fingerprint density at radius 1 is 1.43 bits per heavy atom. The number of hydrogen-bond acceptors (Lipinski definition) is 5. The minimum Gasteiger partial charge on any atom is -0.391 e. The largest absolute Gasteiger partial charge is 0.391 e.